The first-order chi connectivity index (χ1) is 8.58. The maximum absolute atomic E-state index is 11.8. The maximum atomic E-state index is 11.8. The van der Waals surface area contributed by atoms with Crippen LogP contribution in [0.1, 0.15) is 30.1 Å². The minimum Gasteiger partial charge on any atom is -0.478 e. The number of rotatable bonds is 5. The molecule has 0 heterocycles. The van der Waals surface area contributed by atoms with E-state index < -0.39 is 5.97 Å². The predicted molar refractivity (Wildman–Crippen MR) is 69.9 cm³/mol. The van der Waals surface area contributed by atoms with E-state index in [0.29, 0.717) is 10.9 Å². The van der Waals surface area contributed by atoms with E-state index >= 15 is 0 Å². The number of nitrogens with one attached hydrogen (secondary N) is 1. The predicted octanol–water partition coefficient (Wildman–Crippen LogP) is 2.14. The topological polar surface area (TPSA) is 66.4 Å². The van der Waals surface area contributed by atoms with Crippen molar-refractivity contribution < 1.29 is 14.7 Å². The molecule has 0 spiro atoms. The van der Waals surface area contributed by atoms with Gasteiger partial charge in [-0.1, -0.05) is 12.1 Å². The van der Waals surface area contributed by atoms with E-state index in [4.69, 9.17) is 5.11 Å². The van der Waals surface area contributed by atoms with Crippen LogP contribution < -0.4 is 5.32 Å². The Morgan fingerprint density at radius 1 is 1.39 bits per heavy atom. The van der Waals surface area contributed by atoms with E-state index in [1.165, 1.54) is 11.8 Å². The minimum absolute atomic E-state index is 0.0253. The molecule has 1 amide bonds. The summed E-state index contributed by atoms with van der Waals surface area (Å²) >= 11 is 1.28. The summed E-state index contributed by atoms with van der Waals surface area (Å²) < 4.78 is 0. The van der Waals surface area contributed by atoms with Crippen LogP contribution in [0.4, 0.5) is 0 Å². The monoisotopic (exact) mass is 265 g/mol. The second kappa shape index (κ2) is 5.44. The van der Waals surface area contributed by atoms with Crippen LogP contribution in [0.15, 0.2) is 29.2 Å². The fraction of sp³-hybridized carbons (Fsp3) is 0.385. The summed E-state index contributed by atoms with van der Waals surface area (Å²) in [4.78, 5) is 23.5. The van der Waals surface area contributed by atoms with Gasteiger partial charge in [0.25, 0.3) is 0 Å². The highest BCUT2D eigenvalue weighted by Gasteiger charge is 2.26. The Morgan fingerprint density at radius 2 is 2.06 bits per heavy atom. The summed E-state index contributed by atoms with van der Waals surface area (Å²) in [5.74, 6) is -0.990. The summed E-state index contributed by atoms with van der Waals surface area (Å²) in [5.41, 5.74) is 0.244. The molecular formula is C13H15NO3S. The molecule has 96 valence electrons. The summed E-state index contributed by atoms with van der Waals surface area (Å²) in [6.07, 6.45) is 2.10. The lowest BCUT2D eigenvalue weighted by Crippen LogP contribution is -2.32. The van der Waals surface area contributed by atoms with Crippen LogP contribution in [0.2, 0.25) is 0 Å². The Hall–Kier alpha value is -1.49. The van der Waals surface area contributed by atoms with Crippen molar-refractivity contribution in [3.05, 3.63) is 29.8 Å². The molecule has 4 nitrogen and oxygen atoms in total. The van der Waals surface area contributed by atoms with Gasteiger partial charge in [0.05, 0.1) is 10.8 Å². The molecule has 1 aliphatic rings. The second-order valence-electron chi connectivity index (χ2n) is 4.34. The highest BCUT2D eigenvalue weighted by Crippen LogP contribution is 2.28. The van der Waals surface area contributed by atoms with Crippen LogP contribution in [0.25, 0.3) is 0 Å². The Bertz CT molecular complexity index is 471. The van der Waals surface area contributed by atoms with E-state index in [-0.39, 0.29) is 16.7 Å². The molecule has 1 aliphatic carbocycles. The summed E-state index contributed by atoms with van der Waals surface area (Å²) in [6.45, 7) is 1.79. The number of benzene rings is 1. The molecule has 0 radical (unpaired) electrons. The molecule has 0 aliphatic heterocycles. The fourth-order valence-electron chi connectivity index (χ4n) is 1.54. The van der Waals surface area contributed by atoms with Crippen LogP contribution in [-0.2, 0) is 4.79 Å². The summed E-state index contributed by atoms with van der Waals surface area (Å²) in [7, 11) is 0. The van der Waals surface area contributed by atoms with Crippen LogP contribution >= 0.6 is 11.8 Å². The van der Waals surface area contributed by atoms with E-state index in [1.54, 1.807) is 31.2 Å². The molecule has 1 aromatic carbocycles. The first kappa shape index (κ1) is 13.0. The molecule has 5 heteroatoms. The fourth-order valence-corrected chi connectivity index (χ4v) is 2.53. The lowest BCUT2D eigenvalue weighted by atomic mass is 10.2. The first-order valence-corrected chi connectivity index (χ1v) is 6.75. The number of carboxylic acid groups (broad SMARTS) is 1. The Morgan fingerprint density at radius 3 is 2.67 bits per heavy atom. The molecule has 2 N–H and O–H groups in total. The van der Waals surface area contributed by atoms with Gasteiger partial charge in [-0.2, -0.15) is 0 Å². The lowest BCUT2D eigenvalue weighted by molar-refractivity contribution is -0.120. The Labute approximate surface area is 110 Å². The van der Waals surface area contributed by atoms with Crippen LogP contribution in [0.5, 0.6) is 0 Å². The van der Waals surface area contributed by atoms with E-state index in [2.05, 4.69) is 5.32 Å². The lowest BCUT2D eigenvalue weighted by Gasteiger charge is -2.12. The Kier molecular flexibility index (Phi) is 3.91. The molecule has 1 aromatic rings. The molecule has 1 atom stereocenters. The van der Waals surface area contributed by atoms with Gasteiger partial charge < -0.3 is 10.4 Å². The largest absolute Gasteiger partial charge is 0.478 e. The minimum atomic E-state index is -0.965. The van der Waals surface area contributed by atoms with Gasteiger partial charge in [0.2, 0.25) is 5.91 Å². The summed E-state index contributed by atoms with van der Waals surface area (Å²) in [5, 5.41) is 11.7. The van der Waals surface area contributed by atoms with Gasteiger partial charge >= 0.3 is 5.97 Å². The van der Waals surface area contributed by atoms with E-state index in [0.717, 1.165) is 12.8 Å². The van der Waals surface area contributed by atoms with Crippen molar-refractivity contribution in [2.75, 3.05) is 0 Å². The van der Waals surface area contributed by atoms with Crippen molar-refractivity contribution in [2.24, 2.45) is 0 Å². The van der Waals surface area contributed by atoms with Crippen molar-refractivity contribution >= 4 is 23.6 Å². The third kappa shape index (κ3) is 3.26. The van der Waals surface area contributed by atoms with Crippen molar-refractivity contribution in [3.8, 4) is 0 Å². The number of hydrogen-bond acceptors (Lipinski definition) is 3. The second-order valence-corrected chi connectivity index (χ2v) is 5.73. The summed E-state index contributed by atoms with van der Waals surface area (Å²) in [6, 6.07) is 7.07. The van der Waals surface area contributed by atoms with Gasteiger partial charge in [-0.25, -0.2) is 4.79 Å². The third-order valence-corrected chi connectivity index (χ3v) is 3.89. The molecule has 0 bridgehead atoms. The number of hydrogen-bond donors (Lipinski definition) is 2. The number of carbonyl (C=O) groups is 2. The van der Waals surface area contributed by atoms with Crippen LogP contribution in [0.3, 0.4) is 0 Å². The van der Waals surface area contributed by atoms with Gasteiger partial charge in [-0.15, -0.1) is 11.8 Å². The van der Waals surface area contributed by atoms with Gasteiger partial charge in [0, 0.05) is 10.9 Å². The molecule has 2 rings (SSSR count). The van der Waals surface area contributed by atoms with E-state index in [1.807, 2.05) is 0 Å². The average molecular weight is 265 g/mol. The van der Waals surface area contributed by atoms with Gasteiger partial charge in [0.1, 0.15) is 0 Å². The number of aromatic carboxylic acids is 1. The highest BCUT2D eigenvalue weighted by atomic mass is 32.2. The van der Waals surface area contributed by atoms with Gasteiger partial charge in [-0.3, -0.25) is 4.79 Å². The zero-order valence-corrected chi connectivity index (χ0v) is 10.9. The Balaban J connectivity index is 2.03. The number of thioether (sulfide) groups is 1. The molecule has 0 aromatic heterocycles. The van der Waals surface area contributed by atoms with Crippen LogP contribution in [-0.4, -0.2) is 28.3 Å². The van der Waals surface area contributed by atoms with Crippen molar-refractivity contribution in [1.82, 2.24) is 5.32 Å². The molecule has 1 saturated carbocycles. The molecule has 0 saturated heterocycles. The first-order valence-electron chi connectivity index (χ1n) is 5.87. The van der Waals surface area contributed by atoms with E-state index in [9.17, 15) is 9.59 Å². The molecule has 18 heavy (non-hydrogen) atoms. The normalized spacial score (nSPS) is 16.1. The third-order valence-electron chi connectivity index (χ3n) is 2.71. The zero-order valence-electron chi connectivity index (χ0n) is 10.1. The van der Waals surface area contributed by atoms with Crippen molar-refractivity contribution in [3.63, 3.8) is 0 Å². The van der Waals surface area contributed by atoms with Gasteiger partial charge in [0.15, 0.2) is 0 Å². The maximum Gasteiger partial charge on any atom is 0.336 e. The zero-order chi connectivity index (χ0) is 13.1. The quantitative estimate of drug-likeness (QED) is 0.800. The number of carboxylic acids is 1. The highest BCUT2D eigenvalue weighted by molar-refractivity contribution is 8.00. The van der Waals surface area contributed by atoms with Crippen molar-refractivity contribution in [2.45, 2.75) is 36.0 Å². The molecular weight excluding hydrogens is 250 g/mol. The van der Waals surface area contributed by atoms with Crippen LogP contribution in [0, 0.1) is 0 Å². The smallest absolute Gasteiger partial charge is 0.336 e. The SMILES string of the molecule is CC(Sc1ccccc1C(=O)O)C(=O)NC1CC1. The average Bonchev–Trinajstić information content (AvgIpc) is 3.13. The standard InChI is InChI=1S/C13H15NO3S/c1-8(12(15)14-9-6-7-9)18-11-5-3-2-4-10(11)13(16)17/h2-5,8-9H,6-7H2,1H3,(H,14,15)(H,16,17). The number of amides is 1. The van der Waals surface area contributed by atoms with Crippen molar-refractivity contribution in [1.29, 1.82) is 0 Å². The number of carbonyl (C=O) groups excluding carboxylic acids is 1. The molecule has 1 fully saturated rings. The molecule has 1 unspecified atom stereocenters. The van der Waals surface area contributed by atoms with Gasteiger partial charge in [-0.05, 0) is 31.9 Å².